The second-order valence-corrected chi connectivity index (χ2v) is 4.15. The third-order valence-electron chi connectivity index (χ3n) is 2.53. The van der Waals surface area contributed by atoms with Gasteiger partial charge < -0.3 is 10.1 Å². The first-order valence-corrected chi connectivity index (χ1v) is 6.17. The number of unbranched alkanes of at least 4 members (excludes halogenated alkanes) is 1. The summed E-state index contributed by atoms with van der Waals surface area (Å²) in [5, 5.41) is 3.32. The van der Waals surface area contributed by atoms with E-state index in [1.807, 2.05) is 6.07 Å². The van der Waals surface area contributed by atoms with E-state index >= 15 is 0 Å². The van der Waals surface area contributed by atoms with Crippen molar-refractivity contribution in [3.05, 3.63) is 29.8 Å². The monoisotopic (exact) mass is 237 g/mol. The first-order valence-electron chi connectivity index (χ1n) is 5.63. The number of fused-ring (bicyclic) bond motifs is 1. The molecule has 2 rings (SSSR count). The van der Waals surface area contributed by atoms with Crippen molar-refractivity contribution in [1.29, 1.82) is 0 Å². The molecular formula is C13H16ClNO. The van der Waals surface area contributed by atoms with Gasteiger partial charge in [0.1, 0.15) is 5.75 Å². The number of alkyl halides is 1. The van der Waals surface area contributed by atoms with Crippen LogP contribution in [-0.4, -0.2) is 19.0 Å². The molecule has 1 aliphatic heterocycles. The van der Waals surface area contributed by atoms with Crippen molar-refractivity contribution in [2.75, 3.05) is 24.3 Å². The van der Waals surface area contributed by atoms with Crippen LogP contribution < -0.4 is 10.1 Å². The molecular weight excluding hydrogens is 222 g/mol. The molecule has 1 heterocycles. The molecule has 0 saturated carbocycles. The van der Waals surface area contributed by atoms with Gasteiger partial charge in [0.25, 0.3) is 0 Å². The number of rotatable bonds is 5. The maximum atomic E-state index is 5.65. The minimum Gasteiger partial charge on any atom is -0.494 e. The number of halogens is 1. The van der Waals surface area contributed by atoms with Crippen LogP contribution in [0.1, 0.15) is 18.4 Å². The van der Waals surface area contributed by atoms with Crippen LogP contribution in [0.5, 0.6) is 5.75 Å². The van der Waals surface area contributed by atoms with Crippen LogP contribution in [0, 0.1) is 0 Å². The number of nitrogens with one attached hydrogen (secondary N) is 1. The third kappa shape index (κ3) is 2.92. The van der Waals surface area contributed by atoms with Crippen LogP contribution in [0.4, 0.5) is 5.69 Å². The minimum atomic E-state index is 0.708. The van der Waals surface area contributed by atoms with Crippen molar-refractivity contribution in [2.24, 2.45) is 0 Å². The number of anilines is 1. The Morgan fingerprint density at radius 1 is 1.31 bits per heavy atom. The summed E-state index contributed by atoms with van der Waals surface area (Å²) in [5.74, 6) is 1.64. The zero-order valence-corrected chi connectivity index (χ0v) is 9.96. The summed E-state index contributed by atoms with van der Waals surface area (Å²) in [7, 11) is 0. The molecule has 1 aromatic carbocycles. The predicted octanol–water partition coefficient (Wildman–Crippen LogP) is 3.52. The standard InChI is InChI=1S/C13H16ClNO/c14-7-1-2-9-16-12-6-5-11-4-3-8-15-13(11)10-12/h3-6,10,15H,1-2,7-9H2. The van der Waals surface area contributed by atoms with Crippen molar-refractivity contribution < 1.29 is 4.74 Å². The number of benzene rings is 1. The molecule has 2 nitrogen and oxygen atoms in total. The maximum absolute atomic E-state index is 5.65. The molecule has 3 heteroatoms. The van der Waals surface area contributed by atoms with Gasteiger partial charge >= 0.3 is 0 Å². The lowest BCUT2D eigenvalue weighted by Gasteiger charge is -2.14. The molecule has 0 saturated heterocycles. The molecule has 1 N–H and O–H groups in total. The topological polar surface area (TPSA) is 21.3 Å². The summed E-state index contributed by atoms with van der Waals surface area (Å²) in [6, 6.07) is 6.14. The Bertz CT molecular complexity index is 376. The maximum Gasteiger partial charge on any atom is 0.121 e. The van der Waals surface area contributed by atoms with E-state index in [0.29, 0.717) is 5.88 Å². The Labute approximate surface area is 101 Å². The summed E-state index contributed by atoms with van der Waals surface area (Å²) in [6.07, 6.45) is 6.26. The molecule has 0 radical (unpaired) electrons. The van der Waals surface area contributed by atoms with Gasteiger partial charge in [-0.2, -0.15) is 0 Å². The lowest BCUT2D eigenvalue weighted by atomic mass is 10.1. The molecule has 0 aliphatic carbocycles. The van der Waals surface area contributed by atoms with Crippen LogP contribution in [0.15, 0.2) is 24.3 Å². The molecule has 0 atom stereocenters. The van der Waals surface area contributed by atoms with Crippen LogP contribution >= 0.6 is 11.6 Å². The van der Waals surface area contributed by atoms with E-state index in [1.54, 1.807) is 0 Å². The van der Waals surface area contributed by atoms with Crippen LogP contribution in [0.25, 0.3) is 6.08 Å². The first-order chi connectivity index (χ1) is 7.90. The molecule has 1 aliphatic rings. The van der Waals surface area contributed by atoms with Crippen molar-refractivity contribution in [3.63, 3.8) is 0 Å². The van der Waals surface area contributed by atoms with Gasteiger partial charge in [-0.3, -0.25) is 0 Å². The fourth-order valence-electron chi connectivity index (χ4n) is 1.66. The minimum absolute atomic E-state index is 0.708. The average Bonchev–Trinajstić information content (AvgIpc) is 2.34. The van der Waals surface area contributed by atoms with Gasteiger partial charge in [-0.25, -0.2) is 0 Å². The van der Waals surface area contributed by atoms with E-state index < -0.39 is 0 Å². The Morgan fingerprint density at radius 3 is 3.12 bits per heavy atom. The summed E-state index contributed by atoms with van der Waals surface area (Å²) in [5.41, 5.74) is 2.37. The Morgan fingerprint density at radius 2 is 2.25 bits per heavy atom. The molecule has 0 bridgehead atoms. The first kappa shape index (κ1) is 11.3. The van der Waals surface area contributed by atoms with E-state index in [1.165, 1.54) is 5.56 Å². The quantitative estimate of drug-likeness (QED) is 0.625. The molecule has 0 unspecified atom stereocenters. The van der Waals surface area contributed by atoms with Gasteiger partial charge in [0.05, 0.1) is 6.61 Å². The van der Waals surface area contributed by atoms with Gasteiger partial charge in [0.2, 0.25) is 0 Å². The molecule has 0 spiro atoms. The van der Waals surface area contributed by atoms with Gasteiger partial charge in [-0.15, -0.1) is 11.6 Å². The lowest BCUT2D eigenvalue weighted by Crippen LogP contribution is -2.05. The third-order valence-corrected chi connectivity index (χ3v) is 2.80. The number of hydrogen-bond donors (Lipinski definition) is 1. The summed E-state index contributed by atoms with van der Waals surface area (Å²) >= 11 is 5.60. The molecule has 1 aromatic rings. The van der Waals surface area contributed by atoms with Crippen LogP contribution in [0.3, 0.4) is 0 Å². The Kier molecular flexibility index (Phi) is 4.11. The van der Waals surface area contributed by atoms with Crippen molar-refractivity contribution >= 4 is 23.4 Å². The zero-order chi connectivity index (χ0) is 11.2. The Balaban J connectivity index is 1.93. The summed E-state index contributed by atoms with van der Waals surface area (Å²) in [4.78, 5) is 0. The van der Waals surface area contributed by atoms with Crippen molar-refractivity contribution in [1.82, 2.24) is 0 Å². The van der Waals surface area contributed by atoms with Crippen molar-refractivity contribution in [2.45, 2.75) is 12.8 Å². The van der Waals surface area contributed by atoms with Crippen molar-refractivity contribution in [3.8, 4) is 5.75 Å². The highest BCUT2D eigenvalue weighted by Gasteiger charge is 2.04. The lowest BCUT2D eigenvalue weighted by molar-refractivity contribution is 0.310. The van der Waals surface area contributed by atoms with Gasteiger partial charge in [-0.05, 0) is 30.5 Å². The molecule has 86 valence electrons. The van der Waals surface area contributed by atoms with E-state index in [-0.39, 0.29) is 0 Å². The molecule has 0 fully saturated rings. The van der Waals surface area contributed by atoms with E-state index in [9.17, 15) is 0 Å². The van der Waals surface area contributed by atoms with Gasteiger partial charge in [0, 0.05) is 24.2 Å². The highest BCUT2D eigenvalue weighted by molar-refractivity contribution is 6.17. The van der Waals surface area contributed by atoms with E-state index in [2.05, 4.69) is 29.6 Å². The predicted molar refractivity (Wildman–Crippen MR) is 69.4 cm³/mol. The molecule has 16 heavy (non-hydrogen) atoms. The largest absolute Gasteiger partial charge is 0.494 e. The molecule has 0 amide bonds. The van der Waals surface area contributed by atoms with E-state index in [4.69, 9.17) is 16.3 Å². The number of hydrogen-bond acceptors (Lipinski definition) is 2. The van der Waals surface area contributed by atoms with Crippen LogP contribution in [0.2, 0.25) is 0 Å². The number of ether oxygens (including phenoxy) is 1. The second kappa shape index (κ2) is 5.80. The fourth-order valence-corrected chi connectivity index (χ4v) is 1.85. The summed E-state index contributed by atoms with van der Waals surface area (Å²) in [6.45, 7) is 1.63. The average molecular weight is 238 g/mol. The van der Waals surface area contributed by atoms with Gasteiger partial charge in [0.15, 0.2) is 0 Å². The fraction of sp³-hybridized carbons (Fsp3) is 0.385. The van der Waals surface area contributed by atoms with Crippen LogP contribution in [-0.2, 0) is 0 Å². The second-order valence-electron chi connectivity index (χ2n) is 3.78. The Hall–Kier alpha value is -1.15. The van der Waals surface area contributed by atoms with Gasteiger partial charge in [-0.1, -0.05) is 12.2 Å². The highest BCUT2D eigenvalue weighted by atomic mass is 35.5. The zero-order valence-electron chi connectivity index (χ0n) is 9.21. The smallest absolute Gasteiger partial charge is 0.121 e. The highest BCUT2D eigenvalue weighted by Crippen LogP contribution is 2.25. The molecule has 0 aromatic heterocycles. The SMILES string of the molecule is ClCCCCOc1ccc2c(c1)NCC=C2. The normalized spacial score (nSPS) is 13.1. The summed E-state index contributed by atoms with van der Waals surface area (Å²) < 4.78 is 5.65. The van der Waals surface area contributed by atoms with E-state index in [0.717, 1.165) is 37.4 Å².